The fraction of sp³-hybridized carbons (Fsp3) is 0.364. The number of nitrogens with zero attached hydrogens (tertiary/aromatic N) is 1. The highest BCUT2D eigenvalue weighted by Crippen LogP contribution is 2.05. The van der Waals surface area contributed by atoms with Gasteiger partial charge >= 0.3 is 0 Å². The van der Waals surface area contributed by atoms with Crippen molar-refractivity contribution in [1.82, 2.24) is 4.90 Å². The predicted molar refractivity (Wildman–Crippen MR) is 62.7 cm³/mol. The van der Waals surface area contributed by atoms with Crippen molar-refractivity contribution < 1.29 is 9.15 Å². The number of hydrogen-bond acceptors (Lipinski definition) is 3. The molecule has 1 fully saturated rings. The number of ether oxygens (including phenoxy) is 1. The number of morpholine rings is 1. The minimum absolute atomic E-state index is 0.759. The Balaban J connectivity index is 1.91. The van der Waals surface area contributed by atoms with Crippen LogP contribution < -0.4 is 0 Å². The Kier molecular flexibility index (Phi) is 3.53. The van der Waals surface area contributed by atoms with Crippen molar-refractivity contribution in [3.05, 3.63) is 30.2 Å². The van der Waals surface area contributed by atoms with Crippen LogP contribution in [0.15, 0.2) is 28.9 Å². The van der Waals surface area contributed by atoms with Gasteiger partial charge in [0.25, 0.3) is 0 Å². The molecule has 3 nitrogen and oxygen atoms in total. The molecule has 0 N–H and O–H groups in total. The van der Waals surface area contributed by atoms with Crippen molar-refractivity contribution in [1.29, 1.82) is 0 Å². The molecule has 2 rings (SSSR count). The molecule has 0 atom stereocenters. The summed E-state index contributed by atoms with van der Waals surface area (Å²) >= 11 is 5.29. The van der Waals surface area contributed by atoms with E-state index in [1.54, 1.807) is 6.26 Å². The minimum atomic E-state index is 0.759. The van der Waals surface area contributed by atoms with Gasteiger partial charge < -0.3 is 14.1 Å². The van der Waals surface area contributed by atoms with Crippen LogP contribution in [0.5, 0.6) is 0 Å². The second kappa shape index (κ2) is 5.09. The van der Waals surface area contributed by atoms with Gasteiger partial charge in [0.05, 0.1) is 19.5 Å². The normalized spacial score (nSPS) is 17.2. The van der Waals surface area contributed by atoms with Crippen LogP contribution in [-0.2, 0) is 4.74 Å². The zero-order chi connectivity index (χ0) is 10.5. The van der Waals surface area contributed by atoms with E-state index in [9.17, 15) is 0 Å². The van der Waals surface area contributed by atoms with Crippen LogP contribution >= 0.6 is 12.2 Å². The van der Waals surface area contributed by atoms with Gasteiger partial charge in [-0.15, -0.1) is 0 Å². The van der Waals surface area contributed by atoms with Gasteiger partial charge in [0.2, 0.25) is 0 Å². The Morgan fingerprint density at radius 2 is 2.20 bits per heavy atom. The van der Waals surface area contributed by atoms with E-state index in [0.29, 0.717) is 0 Å². The van der Waals surface area contributed by atoms with Gasteiger partial charge in [-0.2, -0.15) is 0 Å². The van der Waals surface area contributed by atoms with Crippen LogP contribution in [0.25, 0.3) is 6.08 Å². The molecule has 1 saturated heterocycles. The molecule has 0 unspecified atom stereocenters. The molecule has 4 heteroatoms. The van der Waals surface area contributed by atoms with Crippen LogP contribution in [0.3, 0.4) is 0 Å². The van der Waals surface area contributed by atoms with Crippen LogP contribution in [-0.4, -0.2) is 36.2 Å². The number of rotatable bonds is 2. The summed E-state index contributed by atoms with van der Waals surface area (Å²) in [5.74, 6) is 0.825. The lowest BCUT2D eigenvalue weighted by Gasteiger charge is -2.27. The summed E-state index contributed by atoms with van der Waals surface area (Å²) in [4.78, 5) is 2.98. The Labute approximate surface area is 94.3 Å². The minimum Gasteiger partial charge on any atom is -0.465 e. The lowest BCUT2D eigenvalue weighted by molar-refractivity contribution is 0.0694. The van der Waals surface area contributed by atoms with Crippen molar-refractivity contribution in [2.75, 3.05) is 26.3 Å². The van der Waals surface area contributed by atoms with Gasteiger partial charge in [0.1, 0.15) is 10.7 Å². The van der Waals surface area contributed by atoms with E-state index >= 15 is 0 Å². The third-order valence-corrected chi connectivity index (χ3v) is 2.65. The average molecular weight is 223 g/mol. The SMILES string of the molecule is S=C(C=Cc1ccco1)N1CCOCC1. The van der Waals surface area contributed by atoms with E-state index in [4.69, 9.17) is 21.4 Å². The van der Waals surface area contributed by atoms with Crippen LogP contribution in [0.1, 0.15) is 5.76 Å². The molecule has 1 aliphatic heterocycles. The zero-order valence-electron chi connectivity index (χ0n) is 8.39. The smallest absolute Gasteiger partial charge is 0.126 e. The van der Waals surface area contributed by atoms with Crippen LogP contribution in [0.4, 0.5) is 0 Å². The zero-order valence-corrected chi connectivity index (χ0v) is 9.20. The Morgan fingerprint density at radius 3 is 2.87 bits per heavy atom. The molecule has 80 valence electrons. The maximum Gasteiger partial charge on any atom is 0.126 e. The third kappa shape index (κ3) is 2.91. The third-order valence-electron chi connectivity index (χ3n) is 2.26. The number of furan rings is 1. The summed E-state index contributed by atoms with van der Waals surface area (Å²) in [5, 5.41) is 0. The van der Waals surface area contributed by atoms with E-state index in [1.807, 2.05) is 24.3 Å². The van der Waals surface area contributed by atoms with Crippen molar-refractivity contribution in [3.63, 3.8) is 0 Å². The molecule has 0 amide bonds. The standard InChI is InChI=1S/C11H13NO2S/c15-11(12-5-8-13-9-6-12)4-3-10-2-1-7-14-10/h1-4,7H,5-6,8-9H2. The summed E-state index contributed by atoms with van der Waals surface area (Å²) in [6.45, 7) is 3.27. The van der Waals surface area contributed by atoms with E-state index in [1.165, 1.54) is 0 Å². The average Bonchev–Trinajstić information content (AvgIpc) is 2.80. The number of thiocarbonyl (C=S) groups is 1. The predicted octanol–water partition coefficient (Wildman–Crippen LogP) is 1.95. The lowest BCUT2D eigenvalue weighted by atomic mass is 10.3. The largest absolute Gasteiger partial charge is 0.465 e. The summed E-state index contributed by atoms with van der Waals surface area (Å²) in [6, 6.07) is 3.76. The van der Waals surface area contributed by atoms with Gasteiger partial charge in [-0.3, -0.25) is 0 Å². The van der Waals surface area contributed by atoms with Crippen molar-refractivity contribution in [3.8, 4) is 0 Å². The molecule has 1 aromatic rings. The molecule has 15 heavy (non-hydrogen) atoms. The Morgan fingerprint density at radius 1 is 1.40 bits per heavy atom. The van der Waals surface area contributed by atoms with Gasteiger partial charge in [-0.25, -0.2) is 0 Å². The molecule has 0 spiro atoms. The Hall–Kier alpha value is -1.13. The second-order valence-corrected chi connectivity index (χ2v) is 3.70. The molecule has 0 aliphatic carbocycles. The highest BCUT2D eigenvalue weighted by Gasteiger charge is 2.10. The monoisotopic (exact) mass is 223 g/mol. The molecule has 0 radical (unpaired) electrons. The molecule has 1 aliphatic rings. The summed E-state index contributed by atoms with van der Waals surface area (Å²) in [6.07, 6.45) is 5.44. The van der Waals surface area contributed by atoms with E-state index in [2.05, 4.69) is 4.90 Å². The Bertz CT molecular complexity index is 339. The van der Waals surface area contributed by atoms with Crippen molar-refractivity contribution in [2.45, 2.75) is 0 Å². The lowest BCUT2D eigenvalue weighted by Crippen LogP contribution is -2.38. The van der Waals surface area contributed by atoms with Crippen LogP contribution in [0.2, 0.25) is 0 Å². The van der Waals surface area contributed by atoms with Gasteiger partial charge in [-0.1, -0.05) is 12.2 Å². The maximum atomic E-state index is 5.29. The maximum absolute atomic E-state index is 5.29. The molecule has 2 heterocycles. The van der Waals surface area contributed by atoms with Gasteiger partial charge in [0.15, 0.2) is 0 Å². The second-order valence-electron chi connectivity index (χ2n) is 3.29. The molecule has 0 bridgehead atoms. The molecular weight excluding hydrogens is 210 g/mol. The van der Waals surface area contributed by atoms with Crippen LogP contribution in [0, 0.1) is 0 Å². The van der Waals surface area contributed by atoms with E-state index in [0.717, 1.165) is 37.1 Å². The first-order chi connectivity index (χ1) is 7.36. The molecule has 0 aromatic carbocycles. The van der Waals surface area contributed by atoms with E-state index in [-0.39, 0.29) is 0 Å². The fourth-order valence-corrected chi connectivity index (χ4v) is 1.68. The topological polar surface area (TPSA) is 25.6 Å². The van der Waals surface area contributed by atoms with Crippen molar-refractivity contribution in [2.24, 2.45) is 0 Å². The molecule has 1 aromatic heterocycles. The molecule has 0 saturated carbocycles. The van der Waals surface area contributed by atoms with E-state index < -0.39 is 0 Å². The quantitative estimate of drug-likeness (QED) is 0.565. The highest BCUT2D eigenvalue weighted by atomic mass is 32.1. The van der Waals surface area contributed by atoms with Gasteiger partial charge in [0, 0.05) is 13.1 Å². The summed E-state index contributed by atoms with van der Waals surface area (Å²) in [7, 11) is 0. The van der Waals surface area contributed by atoms with Gasteiger partial charge in [-0.05, 0) is 24.3 Å². The van der Waals surface area contributed by atoms with Crippen molar-refractivity contribution >= 4 is 23.3 Å². The first-order valence-corrected chi connectivity index (χ1v) is 5.35. The fourth-order valence-electron chi connectivity index (χ4n) is 1.43. The first kappa shape index (κ1) is 10.4. The highest BCUT2D eigenvalue weighted by molar-refractivity contribution is 7.80. The summed E-state index contributed by atoms with van der Waals surface area (Å²) in [5.41, 5.74) is 0. The number of hydrogen-bond donors (Lipinski definition) is 0. The first-order valence-electron chi connectivity index (χ1n) is 4.94. The summed E-state index contributed by atoms with van der Waals surface area (Å²) < 4.78 is 10.4. The molecular formula is C11H13NO2S.